The normalized spacial score (nSPS) is 10.8. The zero-order valence-corrected chi connectivity index (χ0v) is 14.6. The van der Waals surface area contributed by atoms with Crippen LogP contribution >= 0.6 is 0 Å². The van der Waals surface area contributed by atoms with Gasteiger partial charge in [-0.2, -0.15) is 5.10 Å². The molecule has 0 heterocycles. The Morgan fingerprint density at radius 1 is 0.926 bits per heavy atom. The highest BCUT2D eigenvalue weighted by atomic mass is 16.6. The van der Waals surface area contributed by atoms with Gasteiger partial charge in [-0.3, -0.25) is 15.1 Å². The standard InChI is InChI=1S/C21H19N3O3/c25-21-12-11-20(24(26)27)13-19(21)14-22-23(15-17-7-3-1-4-8-17)16-18-9-5-2-6-10-18/h1-14,25H,15-16H2/b22-14+. The van der Waals surface area contributed by atoms with Gasteiger partial charge in [0.1, 0.15) is 5.75 Å². The van der Waals surface area contributed by atoms with E-state index >= 15 is 0 Å². The highest BCUT2D eigenvalue weighted by Crippen LogP contribution is 2.21. The van der Waals surface area contributed by atoms with Gasteiger partial charge in [0.2, 0.25) is 0 Å². The first kappa shape index (κ1) is 18.1. The lowest BCUT2D eigenvalue weighted by Gasteiger charge is -2.19. The number of phenolic OH excluding ortho intramolecular Hbond substituents is 1. The van der Waals surface area contributed by atoms with Crippen LogP contribution in [0.4, 0.5) is 5.69 Å². The van der Waals surface area contributed by atoms with Crippen LogP contribution in [0.25, 0.3) is 0 Å². The molecule has 0 amide bonds. The third-order valence-electron chi connectivity index (χ3n) is 4.00. The van der Waals surface area contributed by atoms with E-state index in [1.54, 1.807) is 0 Å². The molecule has 0 aromatic heterocycles. The zero-order valence-electron chi connectivity index (χ0n) is 14.6. The second-order valence-electron chi connectivity index (χ2n) is 6.04. The van der Waals surface area contributed by atoms with Crippen LogP contribution in [0.2, 0.25) is 0 Å². The van der Waals surface area contributed by atoms with Crippen molar-refractivity contribution in [3.63, 3.8) is 0 Å². The molecule has 0 unspecified atom stereocenters. The number of nitro groups is 1. The number of hydrogen-bond acceptors (Lipinski definition) is 5. The van der Waals surface area contributed by atoms with E-state index in [2.05, 4.69) is 5.10 Å². The third-order valence-corrected chi connectivity index (χ3v) is 4.00. The van der Waals surface area contributed by atoms with Crippen LogP contribution in [0.3, 0.4) is 0 Å². The summed E-state index contributed by atoms with van der Waals surface area (Å²) >= 11 is 0. The second-order valence-corrected chi connectivity index (χ2v) is 6.04. The molecule has 0 aliphatic rings. The van der Waals surface area contributed by atoms with Crippen molar-refractivity contribution in [1.29, 1.82) is 0 Å². The monoisotopic (exact) mass is 361 g/mol. The predicted molar refractivity (Wildman–Crippen MR) is 104 cm³/mol. The molecule has 6 heteroatoms. The van der Waals surface area contributed by atoms with E-state index < -0.39 is 4.92 Å². The van der Waals surface area contributed by atoms with Gasteiger partial charge in [-0.25, -0.2) is 0 Å². The SMILES string of the molecule is O=[N+]([O-])c1ccc(O)c(/C=N/N(Cc2ccccc2)Cc2ccccc2)c1. The van der Waals surface area contributed by atoms with E-state index in [1.807, 2.05) is 65.7 Å². The van der Waals surface area contributed by atoms with Gasteiger partial charge < -0.3 is 5.11 Å². The molecule has 0 saturated carbocycles. The van der Waals surface area contributed by atoms with E-state index in [1.165, 1.54) is 24.4 Å². The van der Waals surface area contributed by atoms with Crippen molar-refractivity contribution in [1.82, 2.24) is 5.01 Å². The van der Waals surface area contributed by atoms with Gasteiger partial charge >= 0.3 is 0 Å². The highest BCUT2D eigenvalue weighted by molar-refractivity contribution is 5.84. The molecule has 3 rings (SSSR count). The first-order valence-corrected chi connectivity index (χ1v) is 8.46. The van der Waals surface area contributed by atoms with E-state index in [-0.39, 0.29) is 11.4 Å². The lowest BCUT2D eigenvalue weighted by molar-refractivity contribution is -0.384. The summed E-state index contributed by atoms with van der Waals surface area (Å²) in [5.41, 5.74) is 2.39. The predicted octanol–water partition coefficient (Wildman–Crippen LogP) is 4.34. The number of hydrogen-bond donors (Lipinski definition) is 1. The van der Waals surface area contributed by atoms with Gasteiger partial charge in [0, 0.05) is 17.7 Å². The Hall–Kier alpha value is -3.67. The van der Waals surface area contributed by atoms with Crippen LogP contribution in [0.5, 0.6) is 5.75 Å². The Bertz CT molecular complexity index is 886. The van der Waals surface area contributed by atoms with Gasteiger partial charge in [-0.05, 0) is 17.2 Å². The molecular weight excluding hydrogens is 342 g/mol. The molecule has 27 heavy (non-hydrogen) atoms. The molecular formula is C21H19N3O3. The van der Waals surface area contributed by atoms with Gasteiger partial charge in [0.15, 0.2) is 0 Å². The van der Waals surface area contributed by atoms with Crippen LogP contribution in [-0.4, -0.2) is 21.3 Å². The maximum absolute atomic E-state index is 11.0. The van der Waals surface area contributed by atoms with Crippen LogP contribution in [0.15, 0.2) is 84.0 Å². The fourth-order valence-corrected chi connectivity index (χ4v) is 2.63. The molecule has 3 aromatic rings. The summed E-state index contributed by atoms with van der Waals surface area (Å²) in [4.78, 5) is 10.5. The molecule has 0 spiro atoms. The molecule has 0 atom stereocenters. The molecule has 0 radical (unpaired) electrons. The van der Waals surface area contributed by atoms with Crippen LogP contribution in [0.1, 0.15) is 16.7 Å². The Morgan fingerprint density at radius 2 is 1.48 bits per heavy atom. The molecule has 1 N–H and O–H groups in total. The molecule has 0 aliphatic carbocycles. The maximum atomic E-state index is 11.0. The summed E-state index contributed by atoms with van der Waals surface area (Å²) in [6.07, 6.45) is 1.45. The average molecular weight is 361 g/mol. The Kier molecular flexibility index (Phi) is 5.79. The number of aromatic hydroxyl groups is 1. The average Bonchev–Trinajstić information content (AvgIpc) is 2.68. The Morgan fingerprint density at radius 3 is 2.00 bits per heavy atom. The van der Waals surface area contributed by atoms with Crippen molar-refractivity contribution in [2.45, 2.75) is 13.1 Å². The van der Waals surface area contributed by atoms with Gasteiger partial charge in [-0.15, -0.1) is 0 Å². The van der Waals surface area contributed by atoms with Crippen molar-refractivity contribution in [3.8, 4) is 5.75 Å². The third kappa shape index (κ3) is 5.15. The number of hydrazone groups is 1. The topological polar surface area (TPSA) is 79.0 Å². The molecule has 3 aromatic carbocycles. The smallest absolute Gasteiger partial charge is 0.270 e. The van der Waals surface area contributed by atoms with E-state index in [0.717, 1.165) is 11.1 Å². The van der Waals surface area contributed by atoms with Crippen LogP contribution in [-0.2, 0) is 13.1 Å². The summed E-state index contributed by atoms with van der Waals surface area (Å²) < 4.78 is 0. The summed E-state index contributed by atoms with van der Waals surface area (Å²) in [5, 5.41) is 27.3. The molecule has 136 valence electrons. The molecule has 0 saturated heterocycles. The molecule has 0 bridgehead atoms. The minimum Gasteiger partial charge on any atom is -0.507 e. The minimum absolute atomic E-state index is 0.0521. The molecule has 0 fully saturated rings. The Balaban J connectivity index is 1.85. The van der Waals surface area contributed by atoms with Crippen molar-refractivity contribution in [3.05, 3.63) is 106 Å². The van der Waals surface area contributed by atoms with Crippen molar-refractivity contribution in [2.24, 2.45) is 5.10 Å². The van der Waals surface area contributed by atoms with Gasteiger partial charge in [-0.1, -0.05) is 60.7 Å². The second kappa shape index (κ2) is 8.62. The fourth-order valence-electron chi connectivity index (χ4n) is 2.63. The highest BCUT2D eigenvalue weighted by Gasteiger charge is 2.10. The fraction of sp³-hybridized carbons (Fsp3) is 0.0952. The lowest BCUT2D eigenvalue weighted by Crippen LogP contribution is -2.17. The van der Waals surface area contributed by atoms with E-state index in [4.69, 9.17) is 0 Å². The number of nitrogens with zero attached hydrogens (tertiary/aromatic N) is 3. The molecule has 0 aliphatic heterocycles. The number of non-ortho nitro benzene ring substituents is 1. The maximum Gasteiger partial charge on any atom is 0.270 e. The van der Waals surface area contributed by atoms with Gasteiger partial charge in [0.25, 0.3) is 5.69 Å². The zero-order chi connectivity index (χ0) is 19.1. The van der Waals surface area contributed by atoms with Crippen molar-refractivity contribution in [2.75, 3.05) is 0 Å². The largest absolute Gasteiger partial charge is 0.507 e. The first-order chi connectivity index (χ1) is 13.1. The van der Waals surface area contributed by atoms with Crippen molar-refractivity contribution >= 4 is 11.9 Å². The van der Waals surface area contributed by atoms with Gasteiger partial charge in [0.05, 0.1) is 24.2 Å². The van der Waals surface area contributed by atoms with Crippen LogP contribution < -0.4 is 0 Å². The lowest BCUT2D eigenvalue weighted by atomic mass is 10.2. The number of rotatable bonds is 7. The summed E-state index contributed by atoms with van der Waals surface area (Å²) in [6, 6.07) is 23.7. The quantitative estimate of drug-likeness (QED) is 0.386. The number of nitro benzene ring substituents is 1. The summed E-state index contributed by atoms with van der Waals surface area (Å²) in [7, 11) is 0. The van der Waals surface area contributed by atoms with Crippen LogP contribution in [0, 0.1) is 10.1 Å². The summed E-state index contributed by atoms with van der Waals surface area (Å²) in [6.45, 7) is 1.14. The van der Waals surface area contributed by atoms with Crippen molar-refractivity contribution < 1.29 is 10.0 Å². The molecule has 6 nitrogen and oxygen atoms in total. The minimum atomic E-state index is -0.498. The van der Waals surface area contributed by atoms with E-state index in [9.17, 15) is 15.2 Å². The first-order valence-electron chi connectivity index (χ1n) is 8.46. The number of phenols is 1. The Labute approximate surface area is 157 Å². The number of benzene rings is 3. The summed E-state index contributed by atoms with van der Waals surface area (Å²) in [5.74, 6) is -0.0521. The van der Waals surface area contributed by atoms with E-state index in [0.29, 0.717) is 18.7 Å².